The number of hydrogen-bond acceptors (Lipinski definition) is 3. The van der Waals surface area contributed by atoms with Gasteiger partial charge in [-0.3, -0.25) is 0 Å². The zero-order valence-corrected chi connectivity index (χ0v) is 8.99. The van der Waals surface area contributed by atoms with Crippen LogP contribution in [0.5, 0.6) is 0 Å². The van der Waals surface area contributed by atoms with Crippen LogP contribution in [0.25, 0.3) is 0 Å². The van der Waals surface area contributed by atoms with E-state index in [0.717, 1.165) is 0 Å². The summed E-state index contributed by atoms with van der Waals surface area (Å²) in [5.74, 6) is -3.89. The highest BCUT2D eigenvalue weighted by Gasteiger charge is 2.39. The van der Waals surface area contributed by atoms with Crippen LogP contribution in [0.4, 0.5) is 20.2 Å². The van der Waals surface area contributed by atoms with Crippen LogP contribution in [0, 0.1) is 0 Å². The van der Waals surface area contributed by atoms with Crippen LogP contribution in [0.2, 0.25) is 0 Å². The number of nitrogen functional groups attached to an aromatic ring is 1. The molecule has 1 fully saturated rings. The van der Waals surface area contributed by atoms with Gasteiger partial charge in [0.25, 0.3) is 5.92 Å². The third-order valence-corrected chi connectivity index (χ3v) is 2.82. The number of anilines is 2. The molecule has 0 aromatic heterocycles. The van der Waals surface area contributed by atoms with Crippen LogP contribution in [0.15, 0.2) is 18.2 Å². The number of benzene rings is 1. The maximum Gasteiger partial charge on any atom is 0.337 e. The van der Waals surface area contributed by atoms with E-state index in [2.05, 4.69) is 0 Å². The van der Waals surface area contributed by atoms with E-state index in [-0.39, 0.29) is 24.2 Å². The molecule has 0 radical (unpaired) electrons. The van der Waals surface area contributed by atoms with Crippen LogP contribution >= 0.6 is 0 Å². The minimum Gasteiger partial charge on any atom is -0.478 e. The molecule has 92 valence electrons. The van der Waals surface area contributed by atoms with Crippen molar-refractivity contribution in [2.45, 2.75) is 12.3 Å². The van der Waals surface area contributed by atoms with Gasteiger partial charge in [-0.05, 0) is 12.1 Å². The van der Waals surface area contributed by atoms with Gasteiger partial charge in [-0.15, -0.1) is 0 Å². The first kappa shape index (κ1) is 11.6. The Hall–Kier alpha value is -1.85. The molecule has 4 nitrogen and oxygen atoms in total. The van der Waals surface area contributed by atoms with Crippen molar-refractivity contribution in [2.75, 3.05) is 23.7 Å². The monoisotopic (exact) mass is 242 g/mol. The van der Waals surface area contributed by atoms with Crippen molar-refractivity contribution in [1.29, 1.82) is 0 Å². The molecule has 0 aliphatic carbocycles. The molecule has 1 aromatic rings. The molecule has 1 saturated heterocycles. The van der Waals surface area contributed by atoms with E-state index < -0.39 is 18.4 Å². The summed E-state index contributed by atoms with van der Waals surface area (Å²) in [6.07, 6.45) is -0.232. The average molecular weight is 242 g/mol. The van der Waals surface area contributed by atoms with Crippen molar-refractivity contribution < 1.29 is 18.7 Å². The Labute approximate surface area is 96.6 Å². The Kier molecular flexibility index (Phi) is 2.65. The lowest BCUT2D eigenvalue weighted by Gasteiger charge is -2.20. The summed E-state index contributed by atoms with van der Waals surface area (Å²) in [5.41, 5.74) is 6.03. The molecule has 0 unspecified atom stereocenters. The smallest absolute Gasteiger partial charge is 0.337 e. The van der Waals surface area contributed by atoms with Crippen LogP contribution in [-0.4, -0.2) is 30.1 Å². The molecule has 1 aliphatic heterocycles. The van der Waals surface area contributed by atoms with Gasteiger partial charge in [0, 0.05) is 13.0 Å². The van der Waals surface area contributed by atoms with Crippen molar-refractivity contribution in [3.63, 3.8) is 0 Å². The lowest BCUT2D eigenvalue weighted by atomic mass is 10.1. The number of halogens is 2. The number of hydrogen-bond donors (Lipinski definition) is 2. The minimum atomic E-state index is -2.73. The predicted molar refractivity (Wildman–Crippen MR) is 59.6 cm³/mol. The largest absolute Gasteiger partial charge is 0.478 e. The highest BCUT2D eigenvalue weighted by Crippen LogP contribution is 2.34. The van der Waals surface area contributed by atoms with Gasteiger partial charge in [0.15, 0.2) is 0 Å². The minimum absolute atomic E-state index is 0.0395. The lowest BCUT2D eigenvalue weighted by Crippen LogP contribution is -2.26. The van der Waals surface area contributed by atoms with Crippen molar-refractivity contribution in [3.05, 3.63) is 23.8 Å². The highest BCUT2D eigenvalue weighted by atomic mass is 19.3. The zero-order valence-electron chi connectivity index (χ0n) is 8.99. The number of nitrogens with zero attached hydrogens (tertiary/aromatic N) is 1. The molecule has 1 heterocycles. The molecule has 1 aromatic carbocycles. The summed E-state index contributed by atoms with van der Waals surface area (Å²) in [6.45, 7) is -0.236. The summed E-state index contributed by atoms with van der Waals surface area (Å²) >= 11 is 0. The molecule has 6 heteroatoms. The van der Waals surface area contributed by atoms with Gasteiger partial charge >= 0.3 is 5.97 Å². The summed E-state index contributed by atoms with van der Waals surface area (Å²) in [7, 11) is 0. The van der Waals surface area contributed by atoms with Gasteiger partial charge in [0.1, 0.15) is 0 Å². The van der Waals surface area contributed by atoms with E-state index in [1.54, 1.807) is 6.07 Å². The van der Waals surface area contributed by atoms with Gasteiger partial charge < -0.3 is 15.7 Å². The summed E-state index contributed by atoms with van der Waals surface area (Å²) < 4.78 is 26.1. The molecule has 3 N–H and O–H groups in total. The summed E-state index contributed by atoms with van der Waals surface area (Å²) in [4.78, 5) is 12.3. The molecular weight excluding hydrogens is 230 g/mol. The van der Waals surface area contributed by atoms with Crippen molar-refractivity contribution in [3.8, 4) is 0 Å². The van der Waals surface area contributed by atoms with E-state index in [1.807, 2.05) is 0 Å². The quantitative estimate of drug-likeness (QED) is 0.776. The molecule has 0 atom stereocenters. The molecule has 2 rings (SSSR count). The second-order valence-corrected chi connectivity index (χ2v) is 4.07. The fraction of sp³-hybridized carbons (Fsp3) is 0.364. The number of rotatable bonds is 2. The van der Waals surface area contributed by atoms with E-state index in [4.69, 9.17) is 10.8 Å². The predicted octanol–water partition coefficient (Wildman–Crippen LogP) is 1.81. The third kappa shape index (κ3) is 2.15. The van der Waals surface area contributed by atoms with Crippen molar-refractivity contribution in [1.82, 2.24) is 0 Å². The first-order valence-electron chi connectivity index (χ1n) is 5.15. The second kappa shape index (κ2) is 3.87. The van der Waals surface area contributed by atoms with Crippen LogP contribution in [0.1, 0.15) is 16.8 Å². The fourth-order valence-electron chi connectivity index (χ4n) is 1.96. The fourth-order valence-corrected chi connectivity index (χ4v) is 1.96. The Morgan fingerprint density at radius 3 is 2.71 bits per heavy atom. The SMILES string of the molecule is Nc1c(C(=O)O)cccc1N1CCC(F)(F)C1. The van der Waals surface area contributed by atoms with Gasteiger partial charge in [0.2, 0.25) is 0 Å². The molecule has 1 aliphatic rings. The van der Waals surface area contributed by atoms with E-state index >= 15 is 0 Å². The lowest BCUT2D eigenvalue weighted by molar-refractivity contribution is 0.0257. The second-order valence-electron chi connectivity index (χ2n) is 4.07. The van der Waals surface area contributed by atoms with E-state index in [1.165, 1.54) is 17.0 Å². The molecule has 17 heavy (non-hydrogen) atoms. The number of carbonyl (C=O) groups is 1. The topological polar surface area (TPSA) is 66.6 Å². The van der Waals surface area contributed by atoms with E-state index in [9.17, 15) is 13.6 Å². The average Bonchev–Trinajstić information content (AvgIpc) is 2.58. The van der Waals surface area contributed by atoms with Gasteiger partial charge in [-0.2, -0.15) is 0 Å². The summed E-state index contributed by atoms with van der Waals surface area (Å²) in [6, 6.07) is 4.42. The highest BCUT2D eigenvalue weighted by molar-refractivity contribution is 5.97. The first-order valence-corrected chi connectivity index (χ1v) is 5.15. The molecule has 0 saturated carbocycles. The number of nitrogens with two attached hydrogens (primary N) is 1. The third-order valence-electron chi connectivity index (χ3n) is 2.82. The zero-order chi connectivity index (χ0) is 12.6. The molecular formula is C11H12F2N2O2. The standard InChI is InChI=1S/C11H12F2N2O2/c12-11(13)4-5-15(6-11)8-3-1-2-7(9(8)14)10(16)17/h1-3H,4-6,14H2,(H,16,17). The van der Waals surface area contributed by atoms with Crippen molar-refractivity contribution >= 4 is 17.3 Å². The maximum atomic E-state index is 13.1. The van der Waals surface area contributed by atoms with Crippen LogP contribution in [-0.2, 0) is 0 Å². The van der Waals surface area contributed by atoms with Gasteiger partial charge in [-0.25, -0.2) is 13.6 Å². The van der Waals surface area contributed by atoms with E-state index in [0.29, 0.717) is 5.69 Å². The number of para-hydroxylation sites is 1. The van der Waals surface area contributed by atoms with Crippen LogP contribution < -0.4 is 10.6 Å². The Morgan fingerprint density at radius 1 is 1.47 bits per heavy atom. The number of carboxylic acids is 1. The number of alkyl halides is 2. The summed E-state index contributed by atoms with van der Waals surface area (Å²) in [5, 5.41) is 8.89. The number of carboxylic acid groups (broad SMARTS) is 1. The maximum absolute atomic E-state index is 13.1. The molecule has 0 bridgehead atoms. The Balaban J connectivity index is 2.34. The first-order chi connectivity index (χ1) is 7.91. The Bertz CT molecular complexity index is 463. The van der Waals surface area contributed by atoms with Crippen LogP contribution in [0.3, 0.4) is 0 Å². The van der Waals surface area contributed by atoms with Gasteiger partial charge in [0.05, 0.1) is 23.5 Å². The molecule has 0 amide bonds. The van der Waals surface area contributed by atoms with Crippen molar-refractivity contribution in [2.24, 2.45) is 0 Å². The molecule has 0 spiro atoms. The normalized spacial score (nSPS) is 18.4. The van der Waals surface area contributed by atoms with Gasteiger partial charge in [-0.1, -0.05) is 6.07 Å². The number of aromatic carboxylic acids is 1. The Morgan fingerprint density at radius 2 is 2.18 bits per heavy atom.